The minimum absolute atomic E-state index is 0.202. The summed E-state index contributed by atoms with van der Waals surface area (Å²) < 4.78 is 25.4. The Labute approximate surface area is 93.3 Å². The maximum atomic E-state index is 11.4. The van der Waals surface area contributed by atoms with Gasteiger partial charge in [0.05, 0.1) is 5.75 Å². The van der Waals surface area contributed by atoms with Crippen molar-refractivity contribution < 1.29 is 8.42 Å². The number of hydrogen-bond acceptors (Lipinski definition) is 4. The second-order valence-electron chi connectivity index (χ2n) is 3.72. The molecule has 0 spiro atoms. The summed E-state index contributed by atoms with van der Waals surface area (Å²) in [6.45, 7) is 4.85. The number of rotatable bonds is 9. The van der Waals surface area contributed by atoms with Gasteiger partial charge >= 0.3 is 0 Å². The lowest BCUT2D eigenvalue weighted by Gasteiger charge is -2.10. The van der Waals surface area contributed by atoms with E-state index in [0.29, 0.717) is 13.0 Å². The van der Waals surface area contributed by atoms with E-state index in [9.17, 15) is 8.42 Å². The van der Waals surface area contributed by atoms with Crippen LogP contribution in [0.1, 0.15) is 13.3 Å². The molecule has 0 aromatic heterocycles. The van der Waals surface area contributed by atoms with Gasteiger partial charge in [-0.05, 0) is 33.6 Å². The number of hydrogen-bond donors (Lipinski definition) is 2. The highest BCUT2D eigenvalue weighted by Gasteiger charge is 2.08. The van der Waals surface area contributed by atoms with Gasteiger partial charge in [0.2, 0.25) is 10.0 Å². The molecule has 0 saturated carbocycles. The summed E-state index contributed by atoms with van der Waals surface area (Å²) in [5, 5.41) is 3.09. The average molecular weight is 237 g/mol. The van der Waals surface area contributed by atoms with Crippen molar-refractivity contribution in [3.05, 3.63) is 0 Å². The van der Waals surface area contributed by atoms with E-state index in [4.69, 9.17) is 0 Å². The molecule has 0 unspecified atom stereocenters. The Kier molecular flexibility index (Phi) is 7.95. The summed E-state index contributed by atoms with van der Waals surface area (Å²) in [6.07, 6.45) is 0.658. The van der Waals surface area contributed by atoms with E-state index >= 15 is 0 Å². The summed E-state index contributed by atoms with van der Waals surface area (Å²) in [4.78, 5) is 1.95. The van der Waals surface area contributed by atoms with Gasteiger partial charge in [0.15, 0.2) is 0 Å². The third-order valence-electron chi connectivity index (χ3n) is 1.90. The zero-order valence-electron chi connectivity index (χ0n) is 9.91. The normalized spacial score (nSPS) is 12.3. The highest BCUT2D eigenvalue weighted by molar-refractivity contribution is 7.89. The summed E-state index contributed by atoms with van der Waals surface area (Å²) in [5.41, 5.74) is 0. The summed E-state index contributed by atoms with van der Waals surface area (Å²) >= 11 is 0. The van der Waals surface area contributed by atoms with E-state index in [-0.39, 0.29) is 5.75 Å². The SMILES string of the molecule is CCNCCCS(=O)(=O)NCCN(C)C. The summed E-state index contributed by atoms with van der Waals surface area (Å²) in [6, 6.07) is 0. The maximum Gasteiger partial charge on any atom is 0.211 e. The molecule has 0 aliphatic rings. The van der Waals surface area contributed by atoms with E-state index in [1.54, 1.807) is 0 Å². The smallest absolute Gasteiger partial charge is 0.211 e. The molecule has 6 heteroatoms. The Bertz CT molecular complexity index is 240. The third kappa shape index (κ3) is 10.1. The van der Waals surface area contributed by atoms with Gasteiger partial charge in [0.1, 0.15) is 0 Å². The standard InChI is InChI=1S/C9H23N3O2S/c1-4-10-6-5-9-15(13,14)11-7-8-12(2)3/h10-11H,4-9H2,1-3H3. The molecule has 92 valence electrons. The Morgan fingerprint density at radius 3 is 2.40 bits per heavy atom. The highest BCUT2D eigenvalue weighted by Crippen LogP contribution is 1.88. The van der Waals surface area contributed by atoms with Gasteiger partial charge in [-0.2, -0.15) is 0 Å². The van der Waals surface area contributed by atoms with Crippen LogP contribution in [0.4, 0.5) is 0 Å². The number of nitrogens with zero attached hydrogens (tertiary/aromatic N) is 1. The molecule has 0 bridgehead atoms. The number of nitrogens with one attached hydrogen (secondary N) is 2. The first-order chi connectivity index (χ1) is 6.98. The lowest BCUT2D eigenvalue weighted by Crippen LogP contribution is -2.33. The molecular weight excluding hydrogens is 214 g/mol. The van der Waals surface area contributed by atoms with E-state index in [0.717, 1.165) is 19.6 Å². The fourth-order valence-electron chi connectivity index (χ4n) is 1.06. The molecule has 0 aromatic carbocycles. The monoisotopic (exact) mass is 237 g/mol. The molecule has 0 fully saturated rings. The minimum atomic E-state index is -3.07. The van der Waals surface area contributed by atoms with Crippen LogP contribution in [0.2, 0.25) is 0 Å². The molecule has 0 saturated heterocycles. The zero-order chi connectivity index (χ0) is 11.7. The summed E-state index contributed by atoms with van der Waals surface area (Å²) in [7, 11) is 0.758. The molecule has 0 atom stereocenters. The molecule has 0 rings (SSSR count). The van der Waals surface area contributed by atoms with Crippen LogP contribution in [0.5, 0.6) is 0 Å². The topological polar surface area (TPSA) is 61.4 Å². The minimum Gasteiger partial charge on any atom is -0.317 e. The molecule has 0 aliphatic heterocycles. The van der Waals surface area contributed by atoms with Crippen molar-refractivity contribution in [1.82, 2.24) is 14.9 Å². The van der Waals surface area contributed by atoms with Crippen molar-refractivity contribution in [3.63, 3.8) is 0 Å². The lowest BCUT2D eigenvalue weighted by atomic mass is 10.5. The molecule has 2 N–H and O–H groups in total. The Balaban J connectivity index is 3.59. The number of sulfonamides is 1. The van der Waals surface area contributed by atoms with Crippen LogP contribution in [-0.2, 0) is 10.0 Å². The van der Waals surface area contributed by atoms with E-state index in [1.165, 1.54) is 0 Å². The van der Waals surface area contributed by atoms with Crippen LogP contribution < -0.4 is 10.0 Å². The predicted molar refractivity (Wildman–Crippen MR) is 63.5 cm³/mol. The van der Waals surface area contributed by atoms with Crippen LogP contribution in [-0.4, -0.2) is 59.3 Å². The highest BCUT2D eigenvalue weighted by atomic mass is 32.2. The van der Waals surface area contributed by atoms with E-state index in [2.05, 4.69) is 10.0 Å². The molecular formula is C9H23N3O2S. The zero-order valence-corrected chi connectivity index (χ0v) is 10.7. The second kappa shape index (κ2) is 8.04. The number of likely N-dealkylation sites (N-methyl/N-ethyl adjacent to an activating group) is 1. The van der Waals surface area contributed by atoms with Crippen molar-refractivity contribution in [2.75, 3.05) is 46.0 Å². The molecule has 0 aliphatic carbocycles. The Hall–Kier alpha value is -0.170. The molecule has 5 nitrogen and oxygen atoms in total. The van der Waals surface area contributed by atoms with Gasteiger partial charge in [0, 0.05) is 13.1 Å². The Morgan fingerprint density at radius 1 is 1.20 bits per heavy atom. The summed E-state index contributed by atoms with van der Waals surface area (Å²) in [5.74, 6) is 0.202. The van der Waals surface area contributed by atoms with Gasteiger partial charge in [-0.15, -0.1) is 0 Å². The fraction of sp³-hybridized carbons (Fsp3) is 1.00. The van der Waals surface area contributed by atoms with E-state index in [1.807, 2.05) is 25.9 Å². The quantitative estimate of drug-likeness (QED) is 0.529. The van der Waals surface area contributed by atoms with Gasteiger partial charge < -0.3 is 10.2 Å². The largest absolute Gasteiger partial charge is 0.317 e. The van der Waals surface area contributed by atoms with Gasteiger partial charge in [-0.3, -0.25) is 0 Å². The second-order valence-corrected chi connectivity index (χ2v) is 5.65. The van der Waals surface area contributed by atoms with Crippen LogP contribution in [0.3, 0.4) is 0 Å². The van der Waals surface area contributed by atoms with Crippen molar-refractivity contribution in [2.45, 2.75) is 13.3 Å². The van der Waals surface area contributed by atoms with Crippen LogP contribution in [0, 0.1) is 0 Å². The maximum absolute atomic E-state index is 11.4. The van der Waals surface area contributed by atoms with Gasteiger partial charge in [-0.25, -0.2) is 13.1 Å². The third-order valence-corrected chi connectivity index (χ3v) is 3.37. The van der Waals surface area contributed by atoms with Gasteiger partial charge in [-0.1, -0.05) is 6.92 Å². The first-order valence-corrected chi connectivity index (χ1v) is 6.96. The van der Waals surface area contributed by atoms with Crippen molar-refractivity contribution >= 4 is 10.0 Å². The first-order valence-electron chi connectivity index (χ1n) is 5.30. The van der Waals surface area contributed by atoms with Crippen molar-refractivity contribution in [2.24, 2.45) is 0 Å². The van der Waals surface area contributed by atoms with E-state index < -0.39 is 10.0 Å². The van der Waals surface area contributed by atoms with Gasteiger partial charge in [0.25, 0.3) is 0 Å². The molecule has 0 radical (unpaired) electrons. The average Bonchev–Trinajstić information content (AvgIpc) is 2.11. The molecule has 0 aromatic rings. The molecule has 15 heavy (non-hydrogen) atoms. The van der Waals surface area contributed by atoms with Crippen LogP contribution in [0.25, 0.3) is 0 Å². The van der Waals surface area contributed by atoms with Crippen LogP contribution >= 0.6 is 0 Å². The Morgan fingerprint density at radius 2 is 1.87 bits per heavy atom. The lowest BCUT2D eigenvalue weighted by molar-refractivity contribution is 0.412. The molecule has 0 heterocycles. The van der Waals surface area contributed by atoms with Crippen molar-refractivity contribution in [3.8, 4) is 0 Å². The van der Waals surface area contributed by atoms with Crippen LogP contribution in [0.15, 0.2) is 0 Å². The fourth-order valence-corrected chi connectivity index (χ4v) is 2.13. The van der Waals surface area contributed by atoms with Crippen molar-refractivity contribution in [1.29, 1.82) is 0 Å². The molecule has 0 amide bonds. The first kappa shape index (κ1) is 14.8. The predicted octanol–water partition coefficient (Wildman–Crippen LogP) is -0.533.